The normalized spacial score (nSPS) is 7.11. The molecule has 2 aromatic rings. The molecule has 0 saturated carbocycles. The van der Waals surface area contributed by atoms with Crippen LogP contribution in [0.15, 0.2) is 36.4 Å². The first-order valence-electron chi connectivity index (χ1n) is 6.29. The zero-order valence-corrected chi connectivity index (χ0v) is 29.1. The van der Waals surface area contributed by atoms with E-state index in [9.17, 15) is 0 Å². The topological polar surface area (TPSA) is 79.0 Å². The van der Waals surface area contributed by atoms with Gasteiger partial charge in [0.25, 0.3) is 0 Å². The number of aryl methyl sites for hydroxylation is 1. The Labute approximate surface area is 239 Å². The fraction of sp³-hybridized carbons (Fsp3) is 0.167. The van der Waals surface area contributed by atoms with Gasteiger partial charge in [-0.05, 0) is 0 Å². The number of rotatable bonds is 4. The molecule has 0 aliphatic carbocycles. The number of ether oxygens (including phenoxy) is 2. The van der Waals surface area contributed by atoms with Gasteiger partial charge in [-0.1, -0.05) is 25.4 Å². The minimum atomic E-state index is 0. The molecule has 1 heterocycles. The standard InChI is InChI=1S/C8H10N2O.C8H9NO.2CH3.2Re.V.2W/c1-6-3-7(5-11-2)10-8(9)4-6;1-10-6-7-3-2-4-8(9)5-7;;;;;;;/h3-5H,1-2H3,(H-,9,10);2-6,9H,1H3;2*1H3;;;;;/q2*-2;2*-1;;;;2*+2. The zero-order valence-electron chi connectivity index (χ0n) is 16.4. The van der Waals surface area contributed by atoms with Gasteiger partial charge in [-0.15, -0.1) is 24.3 Å². The number of pyridine rings is 1. The minimum absolute atomic E-state index is 0. The summed E-state index contributed by atoms with van der Waals surface area (Å²) in [6, 6.07) is 10.7. The van der Waals surface area contributed by atoms with Crippen molar-refractivity contribution >= 4 is 11.5 Å². The van der Waals surface area contributed by atoms with E-state index in [1.807, 2.05) is 25.1 Å². The molecule has 0 spiro atoms. The number of nitrogens with one attached hydrogen (secondary N) is 2. The van der Waals surface area contributed by atoms with Gasteiger partial charge in [-0.25, -0.2) is 11.8 Å². The largest absolute Gasteiger partial charge is 2.00 e. The molecule has 5 nitrogen and oxygen atoms in total. The van der Waals surface area contributed by atoms with E-state index >= 15 is 0 Å². The molecule has 28 heavy (non-hydrogen) atoms. The van der Waals surface area contributed by atoms with Crippen LogP contribution in [-0.2, 0) is 111 Å². The average molecular weight is 1110 g/mol. The van der Waals surface area contributed by atoms with Crippen LogP contribution in [0.4, 0.5) is 11.5 Å². The molecule has 0 atom stereocenters. The van der Waals surface area contributed by atoms with Gasteiger partial charge in [0.05, 0.1) is 0 Å². The Morgan fingerprint density at radius 3 is 1.86 bits per heavy atom. The fourth-order valence-electron chi connectivity index (χ4n) is 1.62. The molecular weight excluding hydrogens is 1080 g/mol. The first kappa shape index (κ1) is 46.9. The van der Waals surface area contributed by atoms with E-state index in [1.54, 1.807) is 39.0 Å². The second-order valence-electron chi connectivity index (χ2n) is 4.29. The molecule has 2 rings (SSSR count). The van der Waals surface area contributed by atoms with Crippen LogP contribution in [0, 0.1) is 35.0 Å². The summed E-state index contributed by atoms with van der Waals surface area (Å²) >= 11 is 0. The van der Waals surface area contributed by atoms with E-state index in [1.165, 1.54) is 6.61 Å². The van der Waals surface area contributed by atoms with Crippen LogP contribution in [0.3, 0.4) is 0 Å². The first-order valence-corrected chi connectivity index (χ1v) is 6.29. The molecular formula is C18H25N3O2Re2VW2-2. The third-order valence-electron chi connectivity index (χ3n) is 2.37. The maximum absolute atomic E-state index is 7.27. The third kappa shape index (κ3) is 21.6. The van der Waals surface area contributed by atoms with E-state index in [0.717, 1.165) is 11.1 Å². The molecule has 0 aliphatic rings. The van der Waals surface area contributed by atoms with E-state index < -0.39 is 0 Å². The van der Waals surface area contributed by atoms with Crippen molar-refractivity contribution in [3.8, 4) is 0 Å². The minimum Gasteiger partial charge on any atom is -0.709 e. The molecule has 0 saturated heterocycles. The Bertz CT molecular complexity index is 566. The number of methoxy groups -OCH3 is 2. The van der Waals surface area contributed by atoms with Crippen molar-refractivity contribution in [3.05, 3.63) is 92.8 Å². The summed E-state index contributed by atoms with van der Waals surface area (Å²) in [7, 11) is 3.16. The van der Waals surface area contributed by atoms with E-state index in [4.69, 9.17) is 20.9 Å². The summed E-state index contributed by atoms with van der Waals surface area (Å²) in [6.07, 6.45) is 0. The SMILES string of the molecule is CO[CH-]c1cc(C)cc([NH-])n1.CO[CH-]c1cccc([NH-])c1.[CH3-].[CH3-].[Re].[Re].[V].[W+2].[W+2]. The Hall–Kier alpha value is 0.916. The van der Waals surface area contributed by atoms with Gasteiger partial charge in [0.15, 0.2) is 0 Å². The van der Waals surface area contributed by atoms with Crippen molar-refractivity contribution < 1.29 is 111 Å². The summed E-state index contributed by atoms with van der Waals surface area (Å²) < 4.78 is 9.54. The van der Waals surface area contributed by atoms with Gasteiger partial charge in [0, 0.05) is 73.6 Å². The Morgan fingerprint density at radius 2 is 1.43 bits per heavy atom. The molecule has 0 aliphatic heterocycles. The predicted molar refractivity (Wildman–Crippen MR) is 97.0 cm³/mol. The molecule has 10 heteroatoms. The van der Waals surface area contributed by atoms with Gasteiger partial charge in [-0.3, -0.25) is 0 Å². The van der Waals surface area contributed by atoms with Crippen LogP contribution < -0.4 is 0 Å². The van der Waals surface area contributed by atoms with Gasteiger partial charge >= 0.3 is 42.1 Å². The number of aromatic nitrogens is 1. The summed E-state index contributed by atoms with van der Waals surface area (Å²) in [6.45, 7) is 5.05. The molecule has 0 bridgehead atoms. The smallest absolute Gasteiger partial charge is 0.709 e. The van der Waals surface area contributed by atoms with Gasteiger partial charge in [0.2, 0.25) is 0 Å². The Kier molecular flexibility index (Phi) is 46.8. The van der Waals surface area contributed by atoms with Crippen LogP contribution in [-0.4, -0.2) is 19.2 Å². The van der Waals surface area contributed by atoms with Gasteiger partial charge < -0.3 is 40.8 Å². The fourth-order valence-corrected chi connectivity index (χ4v) is 1.62. The van der Waals surface area contributed by atoms with Gasteiger partial charge in [-0.2, -0.15) is 23.4 Å². The van der Waals surface area contributed by atoms with Crippen molar-refractivity contribution in [3.63, 3.8) is 0 Å². The molecule has 0 unspecified atom stereocenters. The van der Waals surface area contributed by atoms with Gasteiger partial charge in [0.1, 0.15) is 0 Å². The van der Waals surface area contributed by atoms with Crippen LogP contribution in [0.2, 0.25) is 0 Å². The van der Waals surface area contributed by atoms with Crippen LogP contribution in [0.5, 0.6) is 0 Å². The number of benzene rings is 1. The average Bonchev–Trinajstić information content (AvgIpc) is 2.39. The molecule has 2 N–H and O–H groups in total. The summed E-state index contributed by atoms with van der Waals surface area (Å²) in [5, 5.41) is 0. The molecule has 0 fully saturated rings. The molecule has 1 aromatic heterocycles. The quantitative estimate of drug-likeness (QED) is 0.372. The molecule has 157 valence electrons. The second kappa shape index (κ2) is 27.9. The van der Waals surface area contributed by atoms with Crippen LogP contribution in [0.1, 0.15) is 16.8 Å². The van der Waals surface area contributed by atoms with Crippen molar-refractivity contribution in [1.82, 2.24) is 4.98 Å². The maximum Gasteiger partial charge on any atom is 2.00 e. The van der Waals surface area contributed by atoms with Crippen molar-refractivity contribution in [2.24, 2.45) is 0 Å². The zero-order chi connectivity index (χ0) is 15.7. The van der Waals surface area contributed by atoms with Crippen LogP contribution in [0.25, 0.3) is 11.5 Å². The first-order chi connectivity index (χ1) is 10.0. The van der Waals surface area contributed by atoms with E-state index in [2.05, 4.69) is 4.98 Å². The number of hydrogen-bond acceptors (Lipinski definition) is 3. The van der Waals surface area contributed by atoms with E-state index in [0.29, 0.717) is 11.4 Å². The monoisotopic (exact) mass is 1110 g/mol. The molecule has 3 radical (unpaired) electrons. The molecule has 0 amide bonds. The summed E-state index contributed by atoms with van der Waals surface area (Å²) in [4.78, 5) is 3.91. The summed E-state index contributed by atoms with van der Waals surface area (Å²) in [5.41, 5.74) is 17.7. The van der Waals surface area contributed by atoms with E-state index in [-0.39, 0.29) is 122 Å². The van der Waals surface area contributed by atoms with Crippen LogP contribution >= 0.6 is 0 Å². The second-order valence-corrected chi connectivity index (χ2v) is 4.29. The Morgan fingerprint density at radius 1 is 0.893 bits per heavy atom. The summed E-state index contributed by atoms with van der Waals surface area (Å²) in [5.74, 6) is 0.272. The third-order valence-corrected chi connectivity index (χ3v) is 2.37. The predicted octanol–water partition coefficient (Wildman–Crippen LogP) is 5.64. The Balaban J connectivity index is -0.0000000505. The van der Waals surface area contributed by atoms with Crippen molar-refractivity contribution in [2.45, 2.75) is 6.92 Å². The molecule has 1 aromatic carbocycles. The van der Waals surface area contributed by atoms with Crippen molar-refractivity contribution in [1.29, 1.82) is 0 Å². The number of nitrogens with zero attached hydrogens (tertiary/aromatic N) is 1. The maximum atomic E-state index is 7.27. The van der Waals surface area contributed by atoms with Crippen molar-refractivity contribution in [2.75, 3.05) is 14.2 Å². The number of hydrogen-bond donors (Lipinski definition) is 0.